The van der Waals surface area contributed by atoms with Crippen molar-refractivity contribution in [3.63, 3.8) is 0 Å². The van der Waals surface area contributed by atoms with Crippen LogP contribution in [-0.4, -0.2) is 30.4 Å². The van der Waals surface area contributed by atoms with Gasteiger partial charge < -0.3 is 9.64 Å². The minimum atomic E-state index is 0.478. The number of nitrogens with zero attached hydrogens (tertiary/aromatic N) is 1. The first kappa shape index (κ1) is 11.3. The van der Waals surface area contributed by atoms with Crippen molar-refractivity contribution >= 4 is 29.2 Å². The van der Waals surface area contributed by atoms with Crippen LogP contribution in [0.4, 0.5) is 0 Å². The molecule has 0 aromatic heterocycles. The topological polar surface area (TPSA) is 12.5 Å². The average molecular weight is 227 g/mol. The van der Waals surface area contributed by atoms with E-state index in [-0.39, 0.29) is 0 Å². The summed E-state index contributed by atoms with van der Waals surface area (Å²) in [7, 11) is 3.73. The predicted molar refractivity (Wildman–Crippen MR) is 65.1 cm³/mol. The van der Waals surface area contributed by atoms with Crippen molar-refractivity contribution in [3.05, 3.63) is 24.3 Å². The van der Waals surface area contributed by atoms with E-state index < -0.39 is 0 Å². The second kappa shape index (κ2) is 5.22. The van der Waals surface area contributed by atoms with Crippen LogP contribution in [0.1, 0.15) is 0 Å². The van der Waals surface area contributed by atoms with Crippen molar-refractivity contribution in [1.29, 1.82) is 0 Å². The van der Waals surface area contributed by atoms with Gasteiger partial charge in [-0.05, 0) is 30.6 Å². The molecule has 0 spiro atoms. The van der Waals surface area contributed by atoms with Crippen molar-refractivity contribution in [3.8, 4) is 5.75 Å². The lowest BCUT2D eigenvalue weighted by molar-refractivity contribution is 0.442. The predicted octanol–water partition coefficient (Wildman–Crippen LogP) is 2.63. The fourth-order valence-corrected chi connectivity index (χ4v) is 1.50. The lowest BCUT2D eigenvalue weighted by Crippen LogP contribution is -2.25. The van der Waals surface area contributed by atoms with Crippen LogP contribution in [0.2, 0.25) is 0 Å². The highest BCUT2D eigenvalue weighted by atomic mass is 32.2. The van der Waals surface area contributed by atoms with Crippen LogP contribution in [0.5, 0.6) is 5.75 Å². The minimum absolute atomic E-state index is 0.478. The molecule has 0 aliphatic rings. The van der Waals surface area contributed by atoms with Crippen LogP contribution >= 0.6 is 24.0 Å². The Morgan fingerprint density at radius 1 is 1.36 bits per heavy atom. The number of ether oxygens (including phenoxy) is 1. The first-order valence-corrected chi connectivity index (χ1v) is 5.80. The summed E-state index contributed by atoms with van der Waals surface area (Å²) < 4.78 is 5.53. The second-order valence-electron chi connectivity index (χ2n) is 2.91. The van der Waals surface area contributed by atoms with Gasteiger partial charge in [0, 0.05) is 19.0 Å². The molecule has 1 rings (SSSR count). The quantitative estimate of drug-likeness (QED) is 0.568. The van der Waals surface area contributed by atoms with Gasteiger partial charge in [0.1, 0.15) is 5.75 Å². The summed E-state index contributed by atoms with van der Waals surface area (Å²) in [6.45, 7) is 0. The largest absolute Gasteiger partial charge is 0.431 e. The molecule has 0 amide bonds. The zero-order chi connectivity index (χ0) is 10.6. The van der Waals surface area contributed by atoms with Crippen molar-refractivity contribution in [1.82, 2.24) is 4.90 Å². The highest BCUT2D eigenvalue weighted by Crippen LogP contribution is 2.27. The Bertz CT molecular complexity index is 326. The number of benzene rings is 1. The molecule has 4 heteroatoms. The fraction of sp³-hybridized carbons (Fsp3) is 0.300. The van der Waals surface area contributed by atoms with Gasteiger partial charge >= 0.3 is 0 Å². The molecule has 0 aliphatic heterocycles. The molecular formula is C10H13NOS2. The van der Waals surface area contributed by atoms with Gasteiger partial charge in [0.05, 0.1) is 0 Å². The molecule has 14 heavy (non-hydrogen) atoms. The molecule has 1 aromatic carbocycles. The van der Waals surface area contributed by atoms with Gasteiger partial charge in [0.25, 0.3) is 5.17 Å². The molecule has 0 atom stereocenters. The number of para-hydroxylation sites is 1. The Balaban J connectivity index is 2.80. The molecule has 0 unspecified atom stereocenters. The van der Waals surface area contributed by atoms with Gasteiger partial charge in [-0.1, -0.05) is 12.1 Å². The maximum Gasteiger partial charge on any atom is 0.264 e. The van der Waals surface area contributed by atoms with Crippen LogP contribution in [0.15, 0.2) is 29.2 Å². The summed E-state index contributed by atoms with van der Waals surface area (Å²) in [5, 5.41) is 0.478. The first-order valence-electron chi connectivity index (χ1n) is 4.17. The number of thiocarbonyl (C=S) groups is 1. The van der Waals surface area contributed by atoms with E-state index in [0.717, 1.165) is 10.6 Å². The maximum atomic E-state index is 5.53. The van der Waals surface area contributed by atoms with E-state index in [0.29, 0.717) is 5.17 Å². The number of thioether (sulfide) groups is 1. The summed E-state index contributed by atoms with van der Waals surface area (Å²) >= 11 is 6.71. The van der Waals surface area contributed by atoms with Crippen LogP contribution in [0.3, 0.4) is 0 Å². The molecule has 76 valence electrons. The van der Waals surface area contributed by atoms with E-state index in [1.807, 2.05) is 44.6 Å². The lowest BCUT2D eigenvalue weighted by atomic mass is 10.3. The molecule has 0 radical (unpaired) electrons. The second-order valence-corrected chi connectivity index (χ2v) is 4.11. The smallest absolute Gasteiger partial charge is 0.264 e. The molecule has 0 aliphatic carbocycles. The Labute approximate surface area is 94.2 Å². The molecular weight excluding hydrogens is 214 g/mol. The monoisotopic (exact) mass is 227 g/mol. The van der Waals surface area contributed by atoms with Gasteiger partial charge in [-0.25, -0.2) is 0 Å². The van der Waals surface area contributed by atoms with E-state index >= 15 is 0 Å². The van der Waals surface area contributed by atoms with Gasteiger partial charge in [-0.3, -0.25) is 0 Å². The van der Waals surface area contributed by atoms with E-state index in [9.17, 15) is 0 Å². The number of hydrogen-bond acceptors (Lipinski definition) is 3. The van der Waals surface area contributed by atoms with Crippen molar-refractivity contribution in [2.75, 3.05) is 20.4 Å². The third-order valence-electron chi connectivity index (χ3n) is 1.63. The third-order valence-corrected chi connectivity index (χ3v) is 2.86. The molecule has 0 heterocycles. The fourth-order valence-electron chi connectivity index (χ4n) is 0.888. The highest BCUT2D eigenvalue weighted by Gasteiger charge is 2.05. The summed E-state index contributed by atoms with van der Waals surface area (Å²) in [6, 6.07) is 7.85. The van der Waals surface area contributed by atoms with Gasteiger partial charge in [0.15, 0.2) is 0 Å². The van der Waals surface area contributed by atoms with Gasteiger partial charge in [0.2, 0.25) is 0 Å². The highest BCUT2D eigenvalue weighted by molar-refractivity contribution is 7.98. The van der Waals surface area contributed by atoms with E-state index in [4.69, 9.17) is 17.0 Å². The standard InChI is InChI=1S/C10H13NOS2/c1-11(2)10(13)12-8-6-4-5-7-9(8)14-3/h4-7H,1-3H3. The third kappa shape index (κ3) is 2.89. The lowest BCUT2D eigenvalue weighted by Gasteiger charge is -2.15. The van der Waals surface area contributed by atoms with Gasteiger partial charge in [-0.15, -0.1) is 11.8 Å². The number of hydrogen-bond donors (Lipinski definition) is 0. The Hall–Kier alpha value is -0.740. The molecule has 1 aromatic rings. The van der Waals surface area contributed by atoms with Crippen LogP contribution in [0.25, 0.3) is 0 Å². The zero-order valence-electron chi connectivity index (χ0n) is 8.48. The summed E-state index contributed by atoms with van der Waals surface area (Å²) in [6.07, 6.45) is 2.01. The molecule has 2 nitrogen and oxygen atoms in total. The normalized spacial score (nSPS) is 9.64. The zero-order valence-corrected chi connectivity index (χ0v) is 10.1. The summed E-state index contributed by atoms with van der Waals surface area (Å²) in [5.41, 5.74) is 0. The molecule has 0 N–H and O–H groups in total. The maximum absolute atomic E-state index is 5.53. The molecule has 0 fully saturated rings. The van der Waals surface area contributed by atoms with E-state index in [1.54, 1.807) is 16.7 Å². The summed E-state index contributed by atoms with van der Waals surface area (Å²) in [5.74, 6) is 0.818. The molecule has 0 saturated heterocycles. The number of rotatable bonds is 2. The van der Waals surface area contributed by atoms with E-state index in [2.05, 4.69) is 0 Å². The average Bonchev–Trinajstić information content (AvgIpc) is 2.18. The van der Waals surface area contributed by atoms with Crippen molar-refractivity contribution in [2.24, 2.45) is 0 Å². The summed E-state index contributed by atoms with van der Waals surface area (Å²) in [4.78, 5) is 2.86. The van der Waals surface area contributed by atoms with Crippen LogP contribution in [-0.2, 0) is 0 Å². The van der Waals surface area contributed by atoms with Crippen molar-refractivity contribution in [2.45, 2.75) is 4.90 Å². The molecule has 0 saturated carbocycles. The Morgan fingerprint density at radius 2 is 2.00 bits per heavy atom. The molecule has 0 bridgehead atoms. The van der Waals surface area contributed by atoms with Gasteiger partial charge in [-0.2, -0.15) is 0 Å². The van der Waals surface area contributed by atoms with E-state index in [1.165, 1.54) is 0 Å². The van der Waals surface area contributed by atoms with Crippen LogP contribution in [0, 0.1) is 0 Å². The first-order chi connectivity index (χ1) is 6.65. The Kier molecular flexibility index (Phi) is 4.22. The van der Waals surface area contributed by atoms with Crippen LogP contribution < -0.4 is 4.74 Å². The minimum Gasteiger partial charge on any atom is -0.431 e. The SMILES string of the molecule is CSc1ccccc1OC(=S)N(C)C. The Morgan fingerprint density at radius 3 is 2.57 bits per heavy atom. The van der Waals surface area contributed by atoms with Crippen molar-refractivity contribution < 1.29 is 4.74 Å².